The third-order valence-corrected chi connectivity index (χ3v) is 2.48. The molecular weight excluding hydrogens is 258 g/mol. The molecule has 0 atom stereocenters. The normalized spacial score (nSPS) is 11.2. The molecule has 7 heteroatoms. The number of nitrogens with one attached hydrogen (secondary N) is 2. The minimum atomic E-state index is -0.286. The summed E-state index contributed by atoms with van der Waals surface area (Å²) in [4.78, 5) is 12.6. The van der Waals surface area contributed by atoms with E-state index >= 15 is 0 Å². The van der Waals surface area contributed by atoms with E-state index in [4.69, 9.17) is 9.47 Å². The van der Waals surface area contributed by atoms with Gasteiger partial charge in [-0.1, -0.05) is 6.92 Å². The van der Waals surface area contributed by atoms with E-state index in [0.29, 0.717) is 37.7 Å². The van der Waals surface area contributed by atoms with Crippen LogP contribution < -0.4 is 15.4 Å². The molecule has 0 radical (unpaired) electrons. The van der Waals surface area contributed by atoms with E-state index in [1.165, 1.54) is 0 Å². The maximum absolute atomic E-state index is 5.62. The number of rotatable bonds is 9. The van der Waals surface area contributed by atoms with Crippen LogP contribution in [0.4, 0.5) is 11.9 Å². The molecule has 0 bridgehead atoms. The molecule has 1 heterocycles. The first-order valence-corrected chi connectivity index (χ1v) is 6.95. The quantitative estimate of drug-likeness (QED) is 0.716. The Morgan fingerprint density at radius 1 is 1.10 bits per heavy atom. The number of nitrogens with zero attached hydrogens (tertiary/aromatic N) is 3. The molecule has 0 saturated carbocycles. The molecule has 1 aromatic rings. The highest BCUT2D eigenvalue weighted by Gasteiger charge is 2.18. The maximum Gasteiger partial charge on any atom is 0.323 e. The van der Waals surface area contributed by atoms with Gasteiger partial charge in [-0.15, -0.1) is 0 Å². The Bertz CT molecular complexity index is 412. The van der Waals surface area contributed by atoms with Gasteiger partial charge in [0.1, 0.15) is 0 Å². The molecule has 0 aliphatic heterocycles. The fourth-order valence-electron chi connectivity index (χ4n) is 1.54. The first-order valence-electron chi connectivity index (χ1n) is 6.95. The second-order valence-corrected chi connectivity index (χ2v) is 4.91. The van der Waals surface area contributed by atoms with E-state index in [1.54, 1.807) is 7.05 Å². The molecule has 0 amide bonds. The van der Waals surface area contributed by atoms with Gasteiger partial charge in [0.2, 0.25) is 11.9 Å². The molecule has 0 aliphatic rings. The standard InChI is InChI=1S/C13H25N5O2/c1-6-8-19-12-17-10(14-5)16-11(18-12)15-9-13(3,4)20-7-2/h6-9H2,1-5H3,(H2,14,15,16,17,18). The second-order valence-electron chi connectivity index (χ2n) is 4.91. The maximum atomic E-state index is 5.62. The Labute approximate surface area is 120 Å². The highest BCUT2D eigenvalue weighted by atomic mass is 16.5. The molecule has 0 saturated heterocycles. The Morgan fingerprint density at radius 2 is 1.80 bits per heavy atom. The van der Waals surface area contributed by atoms with Crippen molar-refractivity contribution in [3.63, 3.8) is 0 Å². The lowest BCUT2D eigenvalue weighted by Gasteiger charge is -2.24. The summed E-state index contributed by atoms with van der Waals surface area (Å²) in [5, 5.41) is 6.05. The van der Waals surface area contributed by atoms with Crippen molar-refractivity contribution in [1.82, 2.24) is 15.0 Å². The first-order chi connectivity index (χ1) is 9.50. The fourth-order valence-corrected chi connectivity index (χ4v) is 1.54. The van der Waals surface area contributed by atoms with Crippen molar-refractivity contribution in [2.45, 2.75) is 39.7 Å². The molecule has 0 fully saturated rings. The molecule has 0 aliphatic carbocycles. The van der Waals surface area contributed by atoms with Crippen LogP contribution in [0.25, 0.3) is 0 Å². The zero-order valence-electron chi connectivity index (χ0n) is 13.0. The topological polar surface area (TPSA) is 81.2 Å². The zero-order valence-corrected chi connectivity index (χ0v) is 13.0. The molecule has 1 aromatic heterocycles. The van der Waals surface area contributed by atoms with E-state index in [1.807, 2.05) is 27.7 Å². The predicted molar refractivity (Wildman–Crippen MR) is 79.4 cm³/mol. The molecule has 2 N–H and O–H groups in total. The van der Waals surface area contributed by atoms with Gasteiger partial charge in [0.15, 0.2) is 0 Å². The van der Waals surface area contributed by atoms with Gasteiger partial charge in [-0.05, 0) is 27.2 Å². The Morgan fingerprint density at radius 3 is 2.40 bits per heavy atom. The van der Waals surface area contributed by atoms with Crippen LogP contribution in [-0.2, 0) is 4.74 Å². The summed E-state index contributed by atoms with van der Waals surface area (Å²) in [6, 6.07) is 0.322. The Balaban J connectivity index is 2.73. The molecule has 7 nitrogen and oxygen atoms in total. The number of ether oxygens (including phenoxy) is 2. The van der Waals surface area contributed by atoms with E-state index in [0.717, 1.165) is 6.42 Å². The second kappa shape index (κ2) is 7.84. The minimum absolute atomic E-state index is 0.286. The van der Waals surface area contributed by atoms with Gasteiger partial charge in [-0.2, -0.15) is 15.0 Å². The summed E-state index contributed by atoms with van der Waals surface area (Å²) in [5.41, 5.74) is -0.286. The molecule has 0 spiro atoms. The van der Waals surface area contributed by atoms with Gasteiger partial charge in [-0.3, -0.25) is 0 Å². The lowest BCUT2D eigenvalue weighted by molar-refractivity contribution is 0.000567. The van der Waals surface area contributed by atoms with Crippen LogP contribution in [0, 0.1) is 0 Å². The SMILES string of the molecule is CCCOc1nc(NC)nc(NCC(C)(C)OCC)n1. The van der Waals surface area contributed by atoms with E-state index < -0.39 is 0 Å². The Kier molecular flexibility index (Phi) is 6.44. The zero-order chi connectivity index (χ0) is 15.0. The fraction of sp³-hybridized carbons (Fsp3) is 0.769. The van der Waals surface area contributed by atoms with Crippen LogP contribution in [0.3, 0.4) is 0 Å². The average molecular weight is 283 g/mol. The van der Waals surface area contributed by atoms with Crippen LogP contribution in [0.2, 0.25) is 0 Å². The van der Waals surface area contributed by atoms with Crippen LogP contribution in [0.5, 0.6) is 6.01 Å². The van der Waals surface area contributed by atoms with Crippen molar-refractivity contribution in [2.75, 3.05) is 37.4 Å². The summed E-state index contributed by atoms with van der Waals surface area (Å²) in [7, 11) is 1.76. The van der Waals surface area contributed by atoms with Gasteiger partial charge >= 0.3 is 6.01 Å². The highest BCUT2D eigenvalue weighted by Crippen LogP contribution is 2.14. The van der Waals surface area contributed by atoms with Gasteiger partial charge < -0.3 is 20.1 Å². The van der Waals surface area contributed by atoms with Gasteiger partial charge in [0.05, 0.1) is 12.2 Å². The third-order valence-electron chi connectivity index (χ3n) is 2.48. The molecule has 0 aromatic carbocycles. The largest absolute Gasteiger partial charge is 0.463 e. The van der Waals surface area contributed by atoms with Crippen molar-refractivity contribution < 1.29 is 9.47 Å². The number of anilines is 2. The van der Waals surface area contributed by atoms with Gasteiger partial charge in [0, 0.05) is 20.2 Å². The van der Waals surface area contributed by atoms with Crippen molar-refractivity contribution in [3.05, 3.63) is 0 Å². The monoisotopic (exact) mass is 283 g/mol. The van der Waals surface area contributed by atoms with Crippen LogP contribution >= 0.6 is 0 Å². The minimum Gasteiger partial charge on any atom is -0.463 e. The average Bonchev–Trinajstić information content (AvgIpc) is 2.43. The van der Waals surface area contributed by atoms with E-state index in [2.05, 4.69) is 25.6 Å². The molecule has 1 rings (SSSR count). The number of aromatic nitrogens is 3. The predicted octanol–water partition coefficient (Wildman–Crippen LogP) is 1.93. The van der Waals surface area contributed by atoms with Crippen molar-refractivity contribution >= 4 is 11.9 Å². The van der Waals surface area contributed by atoms with Gasteiger partial charge in [0.25, 0.3) is 0 Å². The highest BCUT2D eigenvalue weighted by molar-refractivity contribution is 5.35. The summed E-state index contributed by atoms with van der Waals surface area (Å²) in [5.74, 6) is 0.950. The van der Waals surface area contributed by atoms with Gasteiger partial charge in [-0.25, -0.2) is 0 Å². The first kappa shape index (κ1) is 16.4. The lowest BCUT2D eigenvalue weighted by atomic mass is 10.1. The van der Waals surface area contributed by atoms with Crippen molar-refractivity contribution in [1.29, 1.82) is 0 Å². The summed E-state index contributed by atoms with van der Waals surface area (Å²) in [6.07, 6.45) is 0.903. The van der Waals surface area contributed by atoms with E-state index in [-0.39, 0.29) is 5.60 Å². The van der Waals surface area contributed by atoms with Crippen LogP contribution in [-0.4, -0.2) is 47.4 Å². The molecular formula is C13H25N5O2. The third kappa shape index (κ3) is 5.56. The van der Waals surface area contributed by atoms with E-state index in [9.17, 15) is 0 Å². The van der Waals surface area contributed by atoms with Crippen molar-refractivity contribution in [2.24, 2.45) is 0 Å². The van der Waals surface area contributed by atoms with Crippen LogP contribution in [0.1, 0.15) is 34.1 Å². The smallest absolute Gasteiger partial charge is 0.323 e. The lowest BCUT2D eigenvalue weighted by Crippen LogP contribution is -2.34. The molecule has 20 heavy (non-hydrogen) atoms. The van der Waals surface area contributed by atoms with Crippen LogP contribution in [0.15, 0.2) is 0 Å². The summed E-state index contributed by atoms with van der Waals surface area (Å²) < 4.78 is 11.1. The summed E-state index contributed by atoms with van der Waals surface area (Å²) in [6.45, 7) is 9.87. The number of hydrogen-bond acceptors (Lipinski definition) is 7. The summed E-state index contributed by atoms with van der Waals surface area (Å²) >= 11 is 0. The van der Waals surface area contributed by atoms with Crippen molar-refractivity contribution in [3.8, 4) is 6.01 Å². The molecule has 0 unspecified atom stereocenters. The molecule has 114 valence electrons. The number of hydrogen-bond donors (Lipinski definition) is 2. The Hall–Kier alpha value is -1.63.